The SMILES string of the molecule is Cc1ccc(C(O)CN2CCC(C(C)(C)C)CC2)c(C)c1. The van der Waals surface area contributed by atoms with Gasteiger partial charge in [-0.2, -0.15) is 0 Å². The predicted molar refractivity (Wildman–Crippen MR) is 89.5 cm³/mol. The highest BCUT2D eigenvalue weighted by molar-refractivity contribution is 5.32. The van der Waals surface area contributed by atoms with Gasteiger partial charge >= 0.3 is 0 Å². The highest BCUT2D eigenvalue weighted by Crippen LogP contribution is 2.34. The van der Waals surface area contributed by atoms with Crippen LogP contribution >= 0.6 is 0 Å². The Bertz CT molecular complexity index is 467. The molecule has 1 fully saturated rings. The Morgan fingerprint density at radius 3 is 2.33 bits per heavy atom. The number of rotatable bonds is 3. The van der Waals surface area contributed by atoms with E-state index in [1.807, 2.05) is 0 Å². The van der Waals surface area contributed by atoms with Crippen molar-refractivity contribution >= 4 is 0 Å². The molecule has 1 aliphatic rings. The van der Waals surface area contributed by atoms with E-state index in [2.05, 4.69) is 57.7 Å². The Labute approximate surface area is 130 Å². The second-order valence-electron chi connectivity index (χ2n) is 7.82. The number of hydrogen-bond donors (Lipinski definition) is 1. The number of piperidine rings is 1. The Kier molecular flexibility index (Phi) is 5.11. The van der Waals surface area contributed by atoms with Crippen LogP contribution in [0.3, 0.4) is 0 Å². The molecule has 1 aliphatic heterocycles. The Morgan fingerprint density at radius 2 is 1.81 bits per heavy atom. The van der Waals surface area contributed by atoms with E-state index in [0.29, 0.717) is 5.41 Å². The summed E-state index contributed by atoms with van der Waals surface area (Å²) in [7, 11) is 0. The fraction of sp³-hybridized carbons (Fsp3) is 0.684. The largest absolute Gasteiger partial charge is 0.387 e. The van der Waals surface area contributed by atoms with Crippen LogP contribution in [-0.4, -0.2) is 29.6 Å². The number of likely N-dealkylation sites (tertiary alicyclic amines) is 1. The molecule has 1 atom stereocenters. The van der Waals surface area contributed by atoms with Crippen molar-refractivity contribution in [1.82, 2.24) is 4.90 Å². The van der Waals surface area contributed by atoms with E-state index >= 15 is 0 Å². The zero-order valence-electron chi connectivity index (χ0n) is 14.3. The Balaban J connectivity index is 1.91. The van der Waals surface area contributed by atoms with Crippen LogP contribution in [0.2, 0.25) is 0 Å². The molecular weight excluding hydrogens is 258 g/mol. The maximum atomic E-state index is 10.5. The lowest BCUT2D eigenvalue weighted by atomic mass is 9.75. The molecule has 0 aromatic heterocycles. The lowest BCUT2D eigenvalue weighted by Crippen LogP contribution is -2.40. The highest BCUT2D eigenvalue weighted by atomic mass is 16.3. The summed E-state index contributed by atoms with van der Waals surface area (Å²) < 4.78 is 0. The molecule has 2 heteroatoms. The summed E-state index contributed by atoms with van der Waals surface area (Å²) in [5.41, 5.74) is 3.96. The number of nitrogens with zero attached hydrogens (tertiary/aromatic N) is 1. The van der Waals surface area contributed by atoms with E-state index in [1.54, 1.807) is 0 Å². The smallest absolute Gasteiger partial charge is 0.0919 e. The monoisotopic (exact) mass is 289 g/mol. The van der Waals surface area contributed by atoms with Gasteiger partial charge in [0, 0.05) is 6.54 Å². The Morgan fingerprint density at radius 1 is 1.19 bits per heavy atom. The van der Waals surface area contributed by atoms with Gasteiger partial charge in [-0.3, -0.25) is 0 Å². The van der Waals surface area contributed by atoms with Crippen molar-refractivity contribution < 1.29 is 5.11 Å². The molecule has 2 nitrogen and oxygen atoms in total. The maximum absolute atomic E-state index is 10.5. The third-order valence-electron chi connectivity index (χ3n) is 5.03. The molecular formula is C19H31NO. The normalized spacial score (nSPS) is 19.7. The molecule has 21 heavy (non-hydrogen) atoms. The number of aliphatic hydroxyl groups is 1. The minimum atomic E-state index is -0.364. The van der Waals surface area contributed by atoms with Gasteiger partial charge in [0.2, 0.25) is 0 Å². The topological polar surface area (TPSA) is 23.5 Å². The summed E-state index contributed by atoms with van der Waals surface area (Å²) in [6.45, 7) is 14.2. The van der Waals surface area contributed by atoms with Gasteiger partial charge in [-0.25, -0.2) is 0 Å². The molecule has 0 radical (unpaired) electrons. The summed E-state index contributed by atoms with van der Waals surface area (Å²) in [5.74, 6) is 0.812. The second kappa shape index (κ2) is 6.50. The quantitative estimate of drug-likeness (QED) is 0.905. The molecule has 1 saturated heterocycles. The van der Waals surface area contributed by atoms with Gasteiger partial charge in [-0.1, -0.05) is 44.5 Å². The third kappa shape index (κ3) is 4.31. The van der Waals surface area contributed by atoms with Crippen LogP contribution in [0.15, 0.2) is 18.2 Å². The van der Waals surface area contributed by atoms with Gasteiger partial charge in [-0.15, -0.1) is 0 Å². The number of aliphatic hydroxyl groups excluding tert-OH is 1. The molecule has 0 bridgehead atoms. The lowest BCUT2D eigenvalue weighted by molar-refractivity contribution is 0.0651. The zero-order chi connectivity index (χ0) is 15.6. The number of aryl methyl sites for hydroxylation is 2. The van der Waals surface area contributed by atoms with Gasteiger partial charge in [-0.05, 0) is 62.2 Å². The molecule has 0 amide bonds. The van der Waals surface area contributed by atoms with E-state index in [9.17, 15) is 5.11 Å². The van der Waals surface area contributed by atoms with Gasteiger partial charge in [0.05, 0.1) is 6.10 Å². The second-order valence-corrected chi connectivity index (χ2v) is 7.82. The molecule has 1 heterocycles. The molecule has 118 valence electrons. The molecule has 2 rings (SSSR count). The number of β-amino-alcohol motifs (C(OH)–C–C–N with tert-alkyl or cyclic N) is 1. The summed E-state index contributed by atoms with van der Waals surface area (Å²) in [6.07, 6.45) is 2.14. The predicted octanol–water partition coefficient (Wildman–Crippen LogP) is 4.09. The molecule has 1 N–H and O–H groups in total. The van der Waals surface area contributed by atoms with Crippen LogP contribution in [-0.2, 0) is 0 Å². The van der Waals surface area contributed by atoms with Crippen molar-refractivity contribution in [2.24, 2.45) is 11.3 Å². The van der Waals surface area contributed by atoms with Crippen molar-refractivity contribution in [2.75, 3.05) is 19.6 Å². The van der Waals surface area contributed by atoms with E-state index in [0.717, 1.165) is 31.1 Å². The van der Waals surface area contributed by atoms with Crippen LogP contribution in [0.1, 0.15) is 56.4 Å². The lowest BCUT2D eigenvalue weighted by Gasteiger charge is -2.39. The molecule has 0 aliphatic carbocycles. The molecule has 0 saturated carbocycles. The van der Waals surface area contributed by atoms with Gasteiger partial charge in [0.15, 0.2) is 0 Å². The third-order valence-corrected chi connectivity index (χ3v) is 5.03. The first-order valence-electron chi connectivity index (χ1n) is 8.25. The standard InChI is InChI=1S/C19H31NO/c1-14-6-7-17(15(2)12-14)18(21)13-20-10-8-16(9-11-20)19(3,4)5/h6-7,12,16,18,21H,8-11,13H2,1-5H3. The molecule has 1 unspecified atom stereocenters. The molecule has 1 aromatic carbocycles. The van der Waals surface area contributed by atoms with Gasteiger partial charge < -0.3 is 10.0 Å². The average Bonchev–Trinajstić information content (AvgIpc) is 2.38. The maximum Gasteiger partial charge on any atom is 0.0919 e. The minimum Gasteiger partial charge on any atom is -0.387 e. The van der Waals surface area contributed by atoms with Crippen molar-refractivity contribution in [3.05, 3.63) is 34.9 Å². The zero-order valence-corrected chi connectivity index (χ0v) is 14.3. The van der Waals surface area contributed by atoms with Crippen LogP contribution in [0.5, 0.6) is 0 Å². The van der Waals surface area contributed by atoms with Crippen LogP contribution in [0.25, 0.3) is 0 Å². The Hall–Kier alpha value is -0.860. The van der Waals surface area contributed by atoms with Crippen LogP contribution < -0.4 is 0 Å². The van der Waals surface area contributed by atoms with Gasteiger partial charge in [0.1, 0.15) is 0 Å². The number of benzene rings is 1. The fourth-order valence-electron chi connectivity index (χ4n) is 3.52. The first kappa shape index (κ1) is 16.5. The molecule has 1 aromatic rings. The first-order valence-corrected chi connectivity index (χ1v) is 8.25. The summed E-state index contributed by atoms with van der Waals surface area (Å²) in [4.78, 5) is 2.42. The highest BCUT2D eigenvalue weighted by Gasteiger charge is 2.29. The van der Waals surface area contributed by atoms with Crippen LogP contribution in [0.4, 0.5) is 0 Å². The van der Waals surface area contributed by atoms with Crippen LogP contribution in [0, 0.1) is 25.2 Å². The van der Waals surface area contributed by atoms with E-state index in [-0.39, 0.29) is 6.10 Å². The van der Waals surface area contributed by atoms with E-state index in [1.165, 1.54) is 24.0 Å². The number of hydrogen-bond acceptors (Lipinski definition) is 2. The molecule has 0 spiro atoms. The van der Waals surface area contributed by atoms with Crippen molar-refractivity contribution in [3.63, 3.8) is 0 Å². The van der Waals surface area contributed by atoms with E-state index < -0.39 is 0 Å². The van der Waals surface area contributed by atoms with Gasteiger partial charge in [0.25, 0.3) is 0 Å². The summed E-state index contributed by atoms with van der Waals surface area (Å²) in [6, 6.07) is 6.33. The summed E-state index contributed by atoms with van der Waals surface area (Å²) >= 11 is 0. The summed E-state index contributed by atoms with van der Waals surface area (Å²) in [5, 5.41) is 10.5. The van der Waals surface area contributed by atoms with Crippen molar-refractivity contribution in [1.29, 1.82) is 0 Å². The van der Waals surface area contributed by atoms with Crippen molar-refractivity contribution in [2.45, 2.75) is 53.6 Å². The minimum absolute atomic E-state index is 0.364. The fourth-order valence-corrected chi connectivity index (χ4v) is 3.52. The van der Waals surface area contributed by atoms with E-state index in [4.69, 9.17) is 0 Å². The average molecular weight is 289 g/mol. The van der Waals surface area contributed by atoms with Crippen molar-refractivity contribution in [3.8, 4) is 0 Å². The first-order chi connectivity index (χ1) is 9.77.